The van der Waals surface area contributed by atoms with E-state index < -0.39 is 0 Å². The van der Waals surface area contributed by atoms with Gasteiger partial charge in [-0.2, -0.15) is 11.8 Å². The van der Waals surface area contributed by atoms with Crippen LogP contribution in [0.2, 0.25) is 5.02 Å². The summed E-state index contributed by atoms with van der Waals surface area (Å²) in [5.41, 5.74) is 2.57. The van der Waals surface area contributed by atoms with Crippen molar-refractivity contribution in [1.82, 2.24) is 5.32 Å². The number of benzene rings is 1. The number of nitrogens with zero attached hydrogens (tertiary/aromatic N) is 1. The Bertz CT molecular complexity index is 390. The van der Waals surface area contributed by atoms with Crippen LogP contribution in [-0.2, 0) is 6.54 Å². The number of rotatable bonds is 5. The third kappa shape index (κ3) is 4.30. The summed E-state index contributed by atoms with van der Waals surface area (Å²) in [6.07, 6.45) is 2.41. The zero-order chi connectivity index (χ0) is 13.5. The first-order valence-corrected chi connectivity index (χ1v) is 8.67. The maximum absolute atomic E-state index is 6.45. The van der Waals surface area contributed by atoms with Crippen LogP contribution in [0.25, 0.3) is 0 Å². The summed E-state index contributed by atoms with van der Waals surface area (Å²) in [6, 6.07) is 6.27. The molecule has 0 spiro atoms. The van der Waals surface area contributed by atoms with Crippen molar-refractivity contribution < 1.29 is 0 Å². The van der Waals surface area contributed by atoms with Gasteiger partial charge in [-0.25, -0.2) is 0 Å². The fraction of sp³-hybridized carbons (Fsp3) is 0.600. The number of para-hydroxylation sites is 1. The van der Waals surface area contributed by atoms with Gasteiger partial charge in [0.15, 0.2) is 0 Å². The molecule has 0 aromatic heterocycles. The van der Waals surface area contributed by atoms with E-state index >= 15 is 0 Å². The summed E-state index contributed by atoms with van der Waals surface area (Å²) in [6.45, 7) is 6.39. The van der Waals surface area contributed by atoms with Crippen molar-refractivity contribution in [3.63, 3.8) is 0 Å². The molecule has 1 aromatic carbocycles. The highest BCUT2D eigenvalue weighted by Crippen LogP contribution is 2.31. The molecule has 4 heteroatoms. The van der Waals surface area contributed by atoms with Crippen LogP contribution in [0.1, 0.15) is 25.3 Å². The normalized spacial score (nSPS) is 16.4. The van der Waals surface area contributed by atoms with E-state index in [1.54, 1.807) is 0 Å². The largest absolute Gasteiger partial charge is 0.369 e. The van der Waals surface area contributed by atoms with E-state index in [0.717, 1.165) is 37.6 Å². The van der Waals surface area contributed by atoms with Gasteiger partial charge >= 0.3 is 0 Å². The van der Waals surface area contributed by atoms with E-state index in [1.807, 2.05) is 17.8 Å². The minimum absolute atomic E-state index is 0.891. The molecule has 0 bridgehead atoms. The molecule has 2 nitrogen and oxygen atoms in total. The van der Waals surface area contributed by atoms with E-state index in [9.17, 15) is 0 Å². The summed E-state index contributed by atoms with van der Waals surface area (Å²) >= 11 is 8.50. The highest BCUT2D eigenvalue weighted by atomic mass is 35.5. The second kappa shape index (κ2) is 8.03. The molecule has 0 atom stereocenters. The van der Waals surface area contributed by atoms with Crippen molar-refractivity contribution >= 4 is 29.1 Å². The first-order chi connectivity index (χ1) is 9.33. The monoisotopic (exact) mass is 298 g/mol. The molecular weight excluding hydrogens is 276 g/mol. The van der Waals surface area contributed by atoms with Gasteiger partial charge in [-0.05, 0) is 36.8 Å². The highest BCUT2D eigenvalue weighted by molar-refractivity contribution is 7.99. The van der Waals surface area contributed by atoms with E-state index in [-0.39, 0.29) is 0 Å². The zero-order valence-corrected chi connectivity index (χ0v) is 13.2. The molecule has 1 fully saturated rings. The van der Waals surface area contributed by atoms with Crippen LogP contribution in [0.4, 0.5) is 5.69 Å². The quantitative estimate of drug-likeness (QED) is 0.833. The number of thioether (sulfide) groups is 1. The maximum Gasteiger partial charge on any atom is 0.0642 e. The number of halogens is 1. The predicted octanol–water partition coefficient (Wildman–Crippen LogP) is 3.78. The molecule has 0 radical (unpaired) electrons. The van der Waals surface area contributed by atoms with Gasteiger partial charge in [-0.1, -0.05) is 30.7 Å². The molecule has 0 aliphatic carbocycles. The Hall–Kier alpha value is -0.380. The molecule has 1 aliphatic heterocycles. The molecule has 0 unspecified atom stereocenters. The van der Waals surface area contributed by atoms with Crippen molar-refractivity contribution in [3.8, 4) is 0 Å². The third-order valence-corrected chi connectivity index (χ3v) is 4.70. The third-order valence-electron chi connectivity index (χ3n) is 3.35. The van der Waals surface area contributed by atoms with Crippen molar-refractivity contribution in [2.45, 2.75) is 26.3 Å². The number of hydrogen-bond acceptors (Lipinski definition) is 3. The van der Waals surface area contributed by atoms with E-state index in [1.165, 1.54) is 29.2 Å². The minimum atomic E-state index is 0.891. The van der Waals surface area contributed by atoms with Gasteiger partial charge < -0.3 is 10.2 Å². The van der Waals surface area contributed by atoms with Crippen LogP contribution in [0.3, 0.4) is 0 Å². The summed E-state index contributed by atoms with van der Waals surface area (Å²) in [5.74, 6) is 2.47. The Morgan fingerprint density at radius 1 is 1.32 bits per heavy atom. The average Bonchev–Trinajstić information content (AvgIpc) is 2.68. The molecule has 2 rings (SSSR count). The Labute approximate surface area is 125 Å². The molecule has 0 amide bonds. The van der Waals surface area contributed by atoms with Crippen LogP contribution < -0.4 is 10.2 Å². The molecule has 1 saturated heterocycles. The predicted molar refractivity (Wildman–Crippen MR) is 87.6 cm³/mol. The Kier molecular flexibility index (Phi) is 6.35. The summed E-state index contributed by atoms with van der Waals surface area (Å²) in [4.78, 5) is 2.46. The average molecular weight is 299 g/mol. The summed E-state index contributed by atoms with van der Waals surface area (Å²) in [7, 11) is 0. The number of hydrogen-bond donors (Lipinski definition) is 1. The van der Waals surface area contributed by atoms with E-state index in [0.29, 0.717) is 0 Å². The topological polar surface area (TPSA) is 15.3 Å². The fourth-order valence-electron chi connectivity index (χ4n) is 2.43. The zero-order valence-electron chi connectivity index (χ0n) is 11.6. The highest BCUT2D eigenvalue weighted by Gasteiger charge is 2.16. The van der Waals surface area contributed by atoms with Crippen molar-refractivity contribution in [1.29, 1.82) is 0 Å². The van der Waals surface area contributed by atoms with Gasteiger partial charge in [0, 0.05) is 25.4 Å². The lowest BCUT2D eigenvalue weighted by atomic mass is 10.1. The molecule has 19 heavy (non-hydrogen) atoms. The first kappa shape index (κ1) is 15.0. The second-order valence-corrected chi connectivity index (χ2v) is 6.51. The lowest BCUT2D eigenvalue weighted by molar-refractivity contribution is 0.672. The minimum Gasteiger partial charge on any atom is -0.369 e. The number of nitrogens with one attached hydrogen (secondary N) is 1. The van der Waals surface area contributed by atoms with E-state index in [2.05, 4.69) is 29.3 Å². The van der Waals surface area contributed by atoms with E-state index in [4.69, 9.17) is 11.6 Å². The molecule has 1 aromatic rings. The van der Waals surface area contributed by atoms with Crippen molar-refractivity contribution in [3.05, 3.63) is 28.8 Å². The first-order valence-electron chi connectivity index (χ1n) is 7.13. The summed E-state index contributed by atoms with van der Waals surface area (Å²) in [5, 5.41) is 4.37. The van der Waals surface area contributed by atoms with Crippen LogP contribution >= 0.6 is 23.4 Å². The molecule has 1 aliphatic rings. The van der Waals surface area contributed by atoms with Crippen LogP contribution in [-0.4, -0.2) is 31.1 Å². The number of anilines is 1. The van der Waals surface area contributed by atoms with Crippen LogP contribution in [0, 0.1) is 0 Å². The molecule has 1 heterocycles. The SMILES string of the molecule is CCCNCc1cccc(Cl)c1N1CCCSCC1. The summed E-state index contributed by atoms with van der Waals surface area (Å²) < 4.78 is 0. The molecule has 0 saturated carbocycles. The van der Waals surface area contributed by atoms with Crippen LogP contribution in [0.15, 0.2) is 18.2 Å². The maximum atomic E-state index is 6.45. The van der Waals surface area contributed by atoms with Gasteiger partial charge in [0.25, 0.3) is 0 Å². The fourth-order valence-corrected chi connectivity index (χ4v) is 3.63. The van der Waals surface area contributed by atoms with Crippen molar-refractivity contribution in [2.75, 3.05) is 36.0 Å². The Balaban J connectivity index is 2.15. The Morgan fingerprint density at radius 2 is 2.21 bits per heavy atom. The lowest BCUT2D eigenvalue weighted by Crippen LogP contribution is -2.28. The standard InChI is InChI=1S/C15H23ClN2S/c1-2-7-17-12-13-5-3-6-14(16)15(13)18-8-4-10-19-11-9-18/h3,5-6,17H,2,4,7-12H2,1H3. The lowest BCUT2D eigenvalue weighted by Gasteiger charge is -2.26. The molecule has 1 N–H and O–H groups in total. The van der Waals surface area contributed by atoms with Gasteiger partial charge in [0.2, 0.25) is 0 Å². The van der Waals surface area contributed by atoms with Gasteiger partial charge in [0.1, 0.15) is 0 Å². The van der Waals surface area contributed by atoms with Gasteiger partial charge in [-0.15, -0.1) is 0 Å². The second-order valence-electron chi connectivity index (χ2n) is 4.88. The smallest absolute Gasteiger partial charge is 0.0642 e. The van der Waals surface area contributed by atoms with Gasteiger partial charge in [-0.3, -0.25) is 0 Å². The van der Waals surface area contributed by atoms with Gasteiger partial charge in [0.05, 0.1) is 10.7 Å². The van der Waals surface area contributed by atoms with Crippen LogP contribution in [0.5, 0.6) is 0 Å². The Morgan fingerprint density at radius 3 is 3.05 bits per heavy atom. The molecule has 106 valence electrons. The van der Waals surface area contributed by atoms with Crippen molar-refractivity contribution in [2.24, 2.45) is 0 Å². The molecular formula is C15H23ClN2S.